The van der Waals surface area contributed by atoms with E-state index in [0.29, 0.717) is 33.8 Å². The highest BCUT2D eigenvalue weighted by Gasteiger charge is 2.36. The van der Waals surface area contributed by atoms with Gasteiger partial charge < -0.3 is 14.3 Å². The molecular formula is C24H19ClN4O3. The molecule has 1 atom stereocenters. The lowest BCUT2D eigenvalue weighted by Crippen LogP contribution is -2.45. The Morgan fingerprint density at radius 1 is 1.09 bits per heavy atom. The second-order valence-electron chi connectivity index (χ2n) is 7.39. The number of allylic oxidation sites excluding steroid dienone is 1. The van der Waals surface area contributed by atoms with E-state index in [4.69, 9.17) is 20.5 Å². The van der Waals surface area contributed by atoms with Crippen molar-refractivity contribution in [1.82, 2.24) is 20.4 Å². The number of aromatic nitrogens is 2. The Morgan fingerprint density at radius 3 is 2.69 bits per heavy atom. The molecule has 0 saturated carbocycles. The lowest BCUT2D eigenvalue weighted by molar-refractivity contribution is 0.199. The van der Waals surface area contributed by atoms with E-state index >= 15 is 0 Å². The molecule has 3 heterocycles. The molecule has 1 aliphatic heterocycles. The number of hydrogen-bond acceptors (Lipinski definition) is 5. The molecule has 5 rings (SSSR count). The van der Waals surface area contributed by atoms with Gasteiger partial charge in [0.25, 0.3) is 5.89 Å². The van der Waals surface area contributed by atoms with Crippen LogP contribution in [0.1, 0.15) is 30.2 Å². The number of urea groups is 1. The first-order valence-electron chi connectivity index (χ1n) is 10.1. The topological polar surface area (TPSA) is 84.4 Å². The first-order valence-corrected chi connectivity index (χ1v) is 10.4. The maximum atomic E-state index is 13.0. The molecule has 1 N–H and O–H groups in total. The molecule has 4 aromatic rings. The van der Waals surface area contributed by atoms with E-state index in [2.05, 4.69) is 15.5 Å². The molecule has 1 unspecified atom stereocenters. The van der Waals surface area contributed by atoms with Crippen LogP contribution in [0.4, 0.5) is 4.79 Å². The van der Waals surface area contributed by atoms with Gasteiger partial charge in [0.2, 0.25) is 5.82 Å². The predicted octanol–water partition coefficient (Wildman–Crippen LogP) is 5.68. The Labute approximate surface area is 189 Å². The van der Waals surface area contributed by atoms with Crippen LogP contribution in [0.2, 0.25) is 5.02 Å². The van der Waals surface area contributed by atoms with Crippen molar-refractivity contribution >= 4 is 23.2 Å². The molecule has 2 aromatic heterocycles. The van der Waals surface area contributed by atoms with Gasteiger partial charge in [-0.2, -0.15) is 4.98 Å². The van der Waals surface area contributed by atoms with Crippen LogP contribution < -0.4 is 5.32 Å². The van der Waals surface area contributed by atoms with Gasteiger partial charge in [0, 0.05) is 16.3 Å². The lowest BCUT2D eigenvalue weighted by Gasteiger charge is -2.34. The molecule has 2 amide bonds. The first-order chi connectivity index (χ1) is 15.6. The number of benzene rings is 2. The molecule has 32 heavy (non-hydrogen) atoms. The third-order valence-corrected chi connectivity index (χ3v) is 5.60. The van der Waals surface area contributed by atoms with Crippen molar-refractivity contribution in [1.29, 1.82) is 0 Å². The number of hydrogen-bond donors (Lipinski definition) is 1. The van der Waals surface area contributed by atoms with Gasteiger partial charge in [0.05, 0.1) is 24.4 Å². The molecule has 7 nitrogen and oxygen atoms in total. The Balaban J connectivity index is 1.61. The van der Waals surface area contributed by atoms with Crippen LogP contribution in [0.5, 0.6) is 0 Å². The van der Waals surface area contributed by atoms with Gasteiger partial charge >= 0.3 is 6.03 Å². The van der Waals surface area contributed by atoms with E-state index < -0.39 is 6.04 Å². The van der Waals surface area contributed by atoms with Crippen LogP contribution in [0.25, 0.3) is 17.0 Å². The normalized spacial score (nSPS) is 16.4. The summed E-state index contributed by atoms with van der Waals surface area (Å²) < 4.78 is 11.1. The molecule has 0 aliphatic carbocycles. The molecule has 0 bridgehead atoms. The quantitative estimate of drug-likeness (QED) is 0.426. The number of nitrogens with one attached hydrogen (secondary N) is 1. The standard InChI is InChI=1S/C24H19ClN4O3/c1-15-20(23-27-22(28-32-23)16-7-3-2-4-8-16)21(17-9-5-10-18(25)13-17)26-24(30)29(15)14-19-11-6-12-31-19/h2-13,21H,14H2,1H3,(H,26,30). The van der Waals surface area contributed by atoms with Gasteiger partial charge in [-0.1, -0.05) is 59.2 Å². The number of halogens is 1. The average molecular weight is 447 g/mol. The van der Waals surface area contributed by atoms with Gasteiger partial charge in [-0.3, -0.25) is 4.90 Å². The number of amides is 2. The van der Waals surface area contributed by atoms with Gasteiger partial charge in [0.15, 0.2) is 0 Å². The van der Waals surface area contributed by atoms with E-state index in [1.165, 1.54) is 0 Å². The average Bonchev–Trinajstić information content (AvgIpc) is 3.49. The van der Waals surface area contributed by atoms with Crippen molar-refractivity contribution < 1.29 is 13.7 Å². The highest BCUT2D eigenvalue weighted by atomic mass is 35.5. The van der Waals surface area contributed by atoms with Crippen LogP contribution in [0.3, 0.4) is 0 Å². The fraction of sp³-hybridized carbons (Fsp3) is 0.125. The minimum absolute atomic E-state index is 0.254. The van der Waals surface area contributed by atoms with E-state index in [0.717, 1.165) is 11.1 Å². The molecule has 0 spiro atoms. The SMILES string of the molecule is CC1=C(c2nc(-c3ccccc3)no2)C(c2cccc(Cl)c2)NC(=O)N1Cc1ccco1. The zero-order chi connectivity index (χ0) is 22.1. The number of rotatable bonds is 5. The first kappa shape index (κ1) is 20.1. The maximum Gasteiger partial charge on any atom is 0.322 e. The molecule has 0 fully saturated rings. The Hall–Kier alpha value is -3.84. The fourth-order valence-corrected chi connectivity index (χ4v) is 3.98. The predicted molar refractivity (Wildman–Crippen MR) is 119 cm³/mol. The molecule has 0 saturated heterocycles. The van der Waals surface area contributed by atoms with Gasteiger partial charge in [-0.05, 0) is 36.8 Å². The van der Waals surface area contributed by atoms with Crippen LogP contribution in [0.15, 0.2) is 87.6 Å². The molecular weight excluding hydrogens is 428 g/mol. The summed E-state index contributed by atoms with van der Waals surface area (Å²) >= 11 is 6.24. The van der Waals surface area contributed by atoms with Gasteiger partial charge in [-0.15, -0.1) is 0 Å². The van der Waals surface area contributed by atoms with E-state index in [-0.39, 0.29) is 12.6 Å². The van der Waals surface area contributed by atoms with Crippen molar-refractivity contribution in [2.24, 2.45) is 0 Å². The Kier molecular flexibility index (Phi) is 5.25. The third-order valence-electron chi connectivity index (χ3n) is 5.36. The Morgan fingerprint density at radius 2 is 1.94 bits per heavy atom. The van der Waals surface area contributed by atoms with Crippen LogP contribution in [-0.4, -0.2) is 21.1 Å². The maximum absolute atomic E-state index is 13.0. The number of carbonyl (C=O) groups excluding carboxylic acids is 1. The Bertz CT molecular complexity index is 1280. The summed E-state index contributed by atoms with van der Waals surface area (Å²) in [5.41, 5.74) is 3.05. The van der Waals surface area contributed by atoms with Gasteiger partial charge in [0.1, 0.15) is 5.76 Å². The zero-order valence-electron chi connectivity index (χ0n) is 17.2. The lowest BCUT2D eigenvalue weighted by atomic mass is 9.94. The monoisotopic (exact) mass is 446 g/mol. The van der Waals surface area contributed by atoms with Crippen molar-refractivity contribution in [2.75, 3.05) is 0 Å². The van der Waals surface area contributed by atoms with Crippen LogP contribution in [0, 0.1) is 0 Å². The molecule has 2 aromatic carbocycles. The van der Waals surface area contributed by atoms with Crippen molar-refractivity contribution in [3.05, 3.63) is 101 Å². The summed E-state index contributed by atoms with van der Waals surface area (Å²) in [6, 6.07) is 19.8. The second kappa shape index (κ2) is 8.36. The smallest absolute Gasteiger partial charge is 0.322 e. The summed E-state index contributed by atoms with van der Waals surface area (Å²) in [7, 11) is 0. The fourth-order valence-electron chi connectivity index (χ4n) is 3.78. The molecule has 8 heteroatoms. The number of furan rings is 1. The largest absolute Gasteiger partial charge is 0.467 e. The highest BCUT2D eigenvalue weighted by molar-refractivity contribution is 6.30. The molecule has 0 radical (unpaired) electrons. The van der Waals surface area contributed by atoms with E-state index in [1.54, 1.807) is 23.3 Å². The zero-order valence-corrected chi connectivity index (χ0v) is 17.9. The van der Waals surface area contributed by atoms with Crippen LogP contribution >= 0.6 is 11.6 Å². The third kappa shape index (κ3) is 3.78. The van der Waals surface area contributed by atoms with Crippen molar-refractivity contribution in [2.45, 2.75) is 19.5 Å². The molecule has 160 valence electrons. The summed E-state index contributed by atoms with van der Waals surface area (Å²) in [4.78, 5) is 19.3. The number of nitrogens with zero attached hydrogens (tertiary/aromatic N) is 3. The van der Waals surface area contributed by atoms with Gasteiger partial charge in [-0.25, -0.2) is 4.79 Å². The summed E-state index contributed by atoms with van der Waals surface area (Å²) in [5, 5.41) is 7.79. The minimum atomic E-state index is -0.502. The number of carbonyl (C=O) groups is 1. The van der Waals surface area contributed by atoms with Crippen molar-refractivity contribution in [3.8, 4) is 11.4 Å². The minimum Gasteiger partial charge on any atom is -0.467 e. The second-order valence-corrected chi connectivity index (χ2v) is 7.83. The summed E-state index contributed by atoms with van der Waals surface area (Å²) in [5.74, 6) is 1.46. The van der Waals surface area contributed by atoms with Crippen LogP contribution in [-0.2, 0) is 6.54 Å². The van der Waals surface area contributed by atoms with E-state index in [9.17, 15) is 4.79 Å². The van der Waals surface area contributed by atoms with Crippen molar-refractivity contribution in [3.63, 3.8) is 0 Å². The van der Waals surface area contributed by atoms with E-state index in [1.807, 2.05) is 61.5 Å². The summed E-state index contributed by atoms with van der Waals surface area (Å²) in [6.45, 7) is 2.14. The highest BCUT2D eigenvalue weighted by Crippen LogP contribution is 2.38. The molecule has 1 aliphatic rings. The summed E-state index contributed by atoms with van der Waals surface area (Å²) in [6.07, 6.45) is 1.58.